The molecule has 0 radical (unpaired) electrons. The molecule has 0 aliphatic carbocycles. The molecule has 4 heteroatoms. The third-order valence-electron chi connectivity index (χ3n) is 4.94. The summed E-state index contributed by atoms with van der Waals surface area (Å²) in [6, 6.07) is 22.1. The molecule has 28 heavy (non-hydrogen) atoms. The predicted octanol–water partition coefficient (Wildman–Crippen LogP) is 6.23. The molecule has 3 aromatic carbocycles. The maximum atomic E-state index is 6.32. The molecule has 0 atom stereocenters. The Labute approximate surface area is 170 Å². The second kappa shape index (κ2) is 7.86. The van der Waals surface area contributed by atoms with Gasteiger partial charge in [-0.25, -0.2) is 0 Å². The molecule has 0 aromatic heterocycles. The Morgan fingerprint density at radius 2 is 1.68 bits per heavy atom. The molecule has 0 unspecified atom stereocenters. The van der Waals surface area contributed by atoms with Crippen LogP contribution in [0.4, 0.5) is 0 Å². The van der Waals surface area contributed by atoms with Crippen molar-refractivity contribution in [3.8, 4) is 22.6 Å². The van der Waals surface area contributed by atoms with E-state index >= 15 is 0 Å². The van der Waals surface area contributed by atoms with E-state index in [1.54, 1.807) is 0 Å². The van der Waals surface area contributed by atoms with Gasteiger partial charge in [-0.1, -0.05) is 61.8 Å². The van der Waals surface area contributed by atoms with Crippen LogP contribution in [0.3, 0.4) is 0 Å². The molecule has 2 heterocycles. The summed E-state index contributed by atoms with van der Waals surface area (Å²) in [5, 5.41) is 0.672. The highest BCUT2D eigenvalue weighted by molar-refractivity contribution is 6.30. The van der Waals surface area contributed by atoms with E-state index in [-0.39, 0.29) is 0 Å². The van der Waals surface area contributed by atoms with E-state index in [0.717, 1.165) is 33.8 Å². The Balaban J connectivity index is 0.000000932. The van der Waals surface area contributed by atoms with Crippen LogP contribution in [0.5, 0.6) is 11.5 Å². The lowest BCUT2D eigenvalue weighted by atomic mass is 9.82. The van der Waals surface area contributed by atoms with Gasteiger partial charge in [0.25, 0.3) is 0 Å². The molecule has 0 saturated carbocycles. The lowest BCUT2D eigenvalue weighted by Crippen LogP contribution is -2.53. The van der Waals surface area contributed by atoms with E-state index in [1.165, 1.54) is 0 Å². The van der Waals surface area contributed by atoms with E-state index in [9.17, 15) is 0 Å². The Morgan fingerprint density at radius 3 is 2.39 bits per heavy atom. The topological polar surface area (TPSA) is 27.7 Å². The van der Waals surface area contributed by atoms with Crippen LogP contribution in [0.15, 0.2) is 66.7 Å². The Kier molecular flexibility index (Phi) is 5.29. The fourth-order valence-electron chi connectivity index (χ4n) is 3.54. The van der Waals surface area contributed by atoms with Crippen LogP contribution in [0.25, 0.3) is 11.1 Å². The van der Waals surface area contributed by atoms with E-state index in [1.807, 2.05) is 56.3 Å². The molecule has 3 nitrogen and oxygen atoms in total. The Hall–Kier alpha value is -2.49. The molecule has 0 amide bonds. The number of benzene rings is 3. The molecule has 144 valence electrons. The van der Waals surface area contributed by atoms with Crippen molar-refractivity contribution in [2.45, 2.75) is 26.1 Å². The number of fused-ring (bicyclic) bond motifs is 4. The standard InChI is InChI=1S/C22H17ClO3.C2H6/c23-16-6-8-19-18-9-7-17(25-12-15-4-2-1-3-5-15)11-20(18)22(13-24-14-22)26-21(19)10-16;1-2/h1-11H,12-14H2;1-2H3. The number of ether oxygens (including phenoxy) is 3. The van der Waals surface area contributed by atoms with Crippen LogP contribution in [-0.2, 0) is 16.9 Å². The van der Waals surface area contributed by atoms with Crippen molar-refractivity contribution in [3.63, 3.8) is 0 Å². The summed E-state index contributed by atoms with van der Waals surface area (Å²) < 4.78 is 17.8. The molecule has 1 fully saturated rings. The number of rotatable bonds is 3. The first-order valence-electron chi connectivity index (χ1n) is 9.61. The molecule has 2 aliphatic heterocycles. The van der Waals surface area contributed by atoms with Crippen molar-refractivity contribution in [1.29, 1.82) is 0 Å². The van der Waals surface area contributed by atoms with Crippen LogP contribution in [-0.4, -0.2) is 13.2 Å². The van der Waals surface area contributed by atoms with Gasteiger partial charge in [0.05, 0.1) is 13.2 Å². The molecule has 2 aliphatic rings. The highest BCUT2D eigenvalue weighted by Crippen LogP contribution is 2.49. The quantitative estimate of drug-likeness (QED) is 0.527. The van der Waals surface area contributed by atoms with Gasteiger partial charge in [-0.2, -0.15) is 0 Å². The van der Waals surface area contributed by atoms with E-state index in [4.69, 9.17) is 25.8 Å². The van der Waals surface area contributed by atoms with Crippen LogP contribution >= 0.6 is 11.6 Å². The van der Waals surface area contributed by atoms with Gasteiger partial charge in [0, 0.05) is 16.1 Å². The van der Waals surface area contributed by atoms with Crippen molar-refractivity contribution in [2.75, 3.05) is 13.2 Å². The molecule has 1 spiro atoms. The first-order valence-corrected chi connectivity index (χ1v) is 9.99. The molecular weight excluding hydrogens is 372 g/mol. The summed E-state index contributed by atoms with van der Waals surface area (Å²) in [5.74, 6) is 1.64. The second-order valence-corrected chi connectivity index (χ2v) is 7.15. The summed E-state index contributed by atoms with van der Waals surface area (Å²) in [6.07, 6.45) is 0. The zero-order valence-corrected chi connectivity index (χ0v) is 16.8. The van der Waals surface area contributed by atoms with Crippen molar-refractivity contribution >= 4 is 11.6 Å². The molecule has 1 saturated heterocycles. The normalized spacial score (nSPS) is 15.2. The number of hydrogen-bond donors (Lipinski definition) is 0. The van der Waals surface area contributed by atoms with E-state index < -0.39 is 5.60 Å². The minimum atomic E-state index is -0.445. The van der Waals surface area contributed by atoms with Gasteiger partial charge in [0.15, 0.2) is 5.60 Å². The third kappa shape index (κ3) is 3.36. The van der Waals surface area contributed by atoms with Gasteiger partial charge in [-0.15, -0.1) is 0 Å². The highest BCUT2D eigenvalue weighted by Gasteiger charge is 2.47. The lowest BCUT2D eigenvalue weighted by Gasteiger charge is -2.45. The van der Waals surface area contributed by atoms with E-state index in [2.05, 4.69) is 24.3 Å². The summed E-state index contributed by atoms with van der Waals surface area (Å²) in [6.45, 7) is 5.61. The first-order chi connectivity index (χ1) is 13.7. The van der Waals surface area contributed by atoms with Gasteiger partial charge in [-0.3, -0.25) is 0 Å². The largest absolute Gasteiger partial charge is 0.489 e. The number of halogens is 1. The van der Waals surface area contributed by atoms with Crippen molar-refractivity contribution < 1.29 is 14.2 Å². The minimum Gasteiger partial charge on any atom is -0.489 e. The molecule has 0 bridgehead atoms. The summed E-state index contributed by atoms with van der Waals surface area (Å²) >= 11 is 6.15. The van der Waals surface area contributed by atoms with Gasteiger partial charge in [0.2, 0.25) is 0 Å². The first kappa shape index (κ1) is 18.9. The Morgan fingerprint density at radius 1 is 0.929 bits per heavy atom. The highest BCUT2D eigenvalue weighted by atomic mass is 35.5. The monoisotopic (exact) mass is 394 g/mol. The van der Waals surface area contributed by atoms with Crippen LogP contribution < -0.4 is 9.47 Å². The zero-order chi connectivity index (χ0) is 19.6. The Bertz CT molecular complexity index is 965. The van der Waals surface area contributed by atoms with Gasteiger partial charge in [-0.05, 0) is 41.5 Å². The minimum absolute atomic E-state index is 0.445. The van der Waals surface area contributed by atoms with E-state index in [0.29, 0.717) is 24.8 Å². The third-order valence-corrected chi connectivity index (χ3v) is 5.17. The average molecular weight is 395 g/mol. The van der Waals surface area contributed by atoms with Crippen LogP contribution in [0.1, 0.15) is 25.0 Å². The summed E-state index contributed by atoms with van der Waals surface area (Å²) in [7, 11) is 0. The van der Waals surface area contributed by atoms with Crippen molar-refractivity contribution in [1.82, 2.24) is 0 Å². The van der Waals surface area contributed by atoms with Crippen LogP contribution in [0.2, 0.25) is 5.02 Å². The van der Waals surface area contributed by atoms with Crippen molar-refractivity contribution in [2.24, 2.45) is 0 Å². The fourth-order valence-corrected chi connectivity index (χ4v) is 3.70. The maximum Gasteiger partial charge on any atom is 0.181 e. The lowest BCUT2D eigenvalue weighted by molar-refractivity contribution is -0.169. The second-order valence-electron chi connectivity index (χ2n) is 6.71. The zero-order valence-electron chi connectivity index (χ0n) is 16.1. The smallest absolute Gasteiger partial charge is 0.181 e. The van der Waals surface area contributed by atoms with Gasteiger partial charge >= 0.3 is 0 Å². The fraction of sp³-hybridized carbons (Fsp3) is 0.250. The van der Waals surface area contributed by atoms with Gasteiger partial charge in [0.1, 0.15) is 18.1 Å². The molecule has 0 N–H and O–H groups in total. The average Bonchev–Trinajstić information content (AvgIpc) is 2.72. The maximum absolute atomic E-state index is 6.32. The summed E-state index contributed by atoms with van der Waals surface area (Å²) in [5.41, 5.74) is 4.01. The van der Waals surface area contributed by atoms with Gasteiger partial charge < -0.3 is 14.2 Å². The predicted molar refractivity (Wildman–Crippen MR) is 112 cm³/mol. The SMILES string of the molecule is CC.Clc1ccc2c(c1)OC1(COC1)c1cc(OCc3ccccc3)ccc1-2. The molecular formula is C24H23ClO3. The number of hydrogen-bond acceptors (Lipinski definition) is 3. The molecule has 3 aromatic rings. The molecule has 5 rings (SSSR count). The van der Waals surface area contributed by atoms with Crippen LogP contribution in [0, 0.1) is 0 Å². The summed E-state index contributed by atoms with van der Waals surface area (Å²) in [4.78, 5) is 0. The van der Waals surface area contributed by atoms with Crippen molar-refractivity contribution in [3.05, 3.63) is 82.9 Å².